The largest absolute Gasteiger partial charge is 0.491 e. The maximum absolute atomic E-state index is 12.6. The van der Waals surface area contributed by atoms with Crippen LogP contribution >= 0.6 is 11.3 Å². The van der Waals surface area contributed by atoms with E-state index in [9.17, 15) is 13.5 Å². The van der Waals surface area contributed by atoms with Crippen LogP contribution in [0.1, 0.15) is 22.0 Å². The first-order valence-electron chi connectivity index (χ1n) is 6.45. The minimum absolute atomic E-state index is 0.180. The zero-order valence-electron chi connectivity index (χ0n) is 11.4. The van der Waals surface area contributed by atoms with Gasteiger partial charge in [0, 0.05) is 5.56 Å². The zero-order valence-corrected chi connectivity index (χ0v) is 13.0. The Morgan fingerprint density at radius 3 is 2.95 bits per heavy atom. The van der Waals surface area contributed by atoms with Crippen LogP contribution in [0.2, 0.25) is 0 Å². The summed E-state index contributed by atoms with van der Waals surface area (Å²) in [4.78, 5) is 0.631. The number of benzene rings is 1. The lowest BCUT2D eigenvalue weighted by molar-refractivity contribution is 0.282. The molecule has 21 heavy (non-hydrogen) atoms. The SMILES string of the molecule is Cc1csc(CO)c1S(=O)(=O)NC1COc2ccccc21. The highest BCUT2D eigenvalue weighted by Gasteiger charge is 2.31. The van der Waals surface area contributed by atoms with Crippen molar-refractivity contribution in [2.75, 3.05) is 6.61 Å². The van der Waals surface area contributed by atoms with Gasteiger partial charge in [-0.05, 0) is 23.9 Å². The summed E-state index contributed by atoms with van der Waals surface area (Å²) >= 11 is 1.25. The number of sulfonamides is 1. The third-order valence-electron chi connectivity index (χ3n) is 3.40. The van der Waals surface area contributed by atoms with Crippen molar-refractivity contribution in [3.8, 4) is 5.75 Å². The molecule has 2 aromatic rings. The van der Waals surface area contributed by atoms with Crippen molar-refractivity contribution in [3.63, 3.8) is 0 Å². The van der Waals surface area contributed by atoms with E-state index in [2.05, 4.69) is 4.72 Å². The van der Waals surface area contributed by atoms with Gasteiger partial charge in [0.25, 0.3) is 0 Å². The summed E-state index contributed by atoms with van der Waals surface area (Å²) in [6.07, 6.45) is 0. The Balaban J connectivity index is 1.93. The Bertz CT molecular complexity index is 767. The van der Waals surface area contributed by atoms with E-state index in [1.54, 1.807) is 12.3 Å². The van der Waals surface area contributed by atoms with Crippen LogP contribution in [0.5, 0.6) is 5.75 Å². The fourth-order valence-corrected chi connectivity index (χ4v) is 5.33. The van der Waals surface area contributed by atoms with Crippen molar-refractivity contribution in [2.24, 2.45) is 0 Å². The molecule has 1 atom stereocenters. The minimum atomic E-state index is -3.70. The Labute approximate surface area is 127 Å². The minimum Gasteiger partial charge on any atom is -0.491 e. The fraction of sp³-hybridized carbons (Fsp3) is 0.286. The predicted molar refractivity (Wildman–Crippen MR) is 80.0 cm³/mol. The molecule has 0 saturated heterocycles. The third kappa shape index (κ3) is 2.57. The fourth-order valence-electron chi connectivity index (χ4n) is 2.46. The molecule has 0 aliphatic carbocycles. The first kappa shape index (κ1) is 14.5. The molecule has 0 bridgehead atoms. The van der Waals surface area contributed by atoms with Crippen LogP contribution in [0.4, 0.5) is 0 Å². The summed E-state index contributed by atoms with van der Waals surface area (Å²) in [5.41, 5.74) is 1.48. The molecule has 2 heterocycles. The molecule has 1 aromatic carbocycles. The molecule has 2 N–H and O–H groups in total. The van der Waals surface area contributed by atoms with Crippen molar-refractivity contribution in [2.45, 2.75) is 24.5 Å². The van der Waals surface area contributed by atoms with Crippen LogP contribution in [0.25, 0.3) is 0 Å². The molecule has 0 saturated carbocycles. The summed E-state index contributed by atoms with van der Waals surface area (Å²) in [5.74, 6) is 0.703. The standard InChI is InChI=1S/C14H15NO4S2/c1-9-8-20-13(6-16)14(9)21(17,18)15-11-7-19-12-5-3-2-4-10(11)12/h2-5,8,11,15-16H,6-7H2,1H3. The van der Waals surface area contributed by atoms with Crippen molar-refractivity contribution in [1.29, 1.82) is 0 Å². The van der Waals surface area contributed by atoms with Crippen molar-refractivity contribution < 1.29 is 18.3 Å². The molecule has 0 spiro atoms. The second-order valence-electron chi connectivity index (χ2n) is 4.85. The summed E-state index contributed by atoms with van der Waals surface area (Å²) in [5, 5.41) is 11.0. The molecule has 3 rings (SSSR count). The average Bonchev–Trinajstić information content (AvgIpc) is 3.03. The Morgan fingerprint density at radius 2 is 2.19 bits per heavy atom. The van der Waals surface area contributed by atoms with E-state index < -0.39 is 16.1 Å². The summed E-state index contributed by atoms with van der Waals surface area (Å²) < 4.78 is 33.3. The van der Waals surface area contributed by atoms with Gasteiger partial charge in [-0.25, -0.2) is 13.1 Å². The molecule has 0 fully saturated rings. The van der Waals surface area contributed by atoms with Crippen LogP contribution in [0, 0.1) is 6.92 Å². The number of rotatable bonds is 4. The summed E-state index contributed by atoms with van der Waals surface area (Å²) in [6, 6.07) is 6.96. The van der Waals surface area contributed by atoms with Gasteiger partial charge >= 0.3 is 0 Å². The van der Waals surface area contributed by atoms with Crippen molar-refractivity contribution >= 4 is 21.4 Å². The smallest absolute Gasteiger partial charge is 0.242 e. The van der Waals surface area contributed by atoms with Crippen LogP contribution < -0.4 is 9.46 Å². The number of hydrogen-bond donors (Lipinski definition) is 2. The molecule has 1 aliphatic rings. The number of ether oxygens (including phenoxy) is 1. The van der Waals surface area contributed by atoms with Gasteiger partial charge in [0.05, 0.1) is 17.5 Å². The van der Waals surface area contributed by atoms with Crippen molar-refractivity contribution in [3.05, 3.63) is 45.6 Å². The molecular formula is C14H15NO4S2. The van der Waals surface area contributed by atoms with Gasteiger partial charge < -0.3 is 9.84 Å². The number of hydrogen-bond acceptors (Lipinski definition) is 5. The third-order valence-corrected chi connectivity index (χ3v) is 6.32. The van der Waals surface area contributed by atoms with E-state index in [-0.39, 0.29) is 18.1 Å². The molecule has 5 nitrogen and oxygen atoms in total. The van der Waals surface area contributed by atoms with E-state index in [0.29, 0.717) is 16.2 Å². The Hall–Kier alpha value is -1.41. The van der Waals surface area contributed by atoms with E-state index in [1.807, 2.05) is 24.3 Å². The zero-order chi connectivity index (χ0) is 15.0. The number of aliphatic hydroxyl groups excluding tert-OH is 1. The van der Waals surface area contributed by atoms with Gasteiger partial charge in [-0.2, -0.15) is 0 Å². The molecule has 1 aliphatic heterocycles. The lowest BCUT2D eigenvalue weighted by Crippen LogP contribution is -2.30. The molecular weight excluding hydrogens is 310 g/mol. The first-order chi connectivity index (χ1) is 10.0. The number of thiophene rings is 1. The molecule has 7 heteroatoms. The van der Waals surface area contributed by atoms with Crippen molar-refractivity contribution in [1.82, 2.24) is 4.72 Å². The first-order valence-corrected chi connectivity index (χ1v) is 8.81. The Morgan fingerprint density at radius 1 is 1.43 bits per heavy atom. The molecule has 0 amide bonds. The van der Waals surface area contributed by atoms with Crippen LogP contribution in [0.15, 0.2) is 34.5 Å². The quantitative estimate of drug-likeness (QED) is 0.901. The maximum Gasteiger partial charge on any atom is 0.242 e. The van der Waals surface area contributed by atoms with E-state index in [1.165, 1.54) is 11.3 Å². The number of fused-ring (bicyclic) bond motifs is 1. The normalized spacial score (nSPS) is 17.5. The highest BCUT2D eigenvalue weighted by atomic mass is 32.2. The number of aliphatic hydroxyl groups is 1. The van der Waals surface area contributed by atoms with E-state index in [4.69, 9.17) is 4.74 Å². The topological polar surface area (TPSA) is 75.6 Å². The molecule has 1 aromatic heterocycles. The van der Waals surface area contributed by atoms with Crippen LogP contribution in [-0.4, -0.2) is 20.1 Å². The monoisotopic (exact) mass is 325 g/mol. The summed E-state index contributed by atoms with van der Waals surface area (Å²) in [7, 11) is -3.70. The molecule has 1 unspecified atom stereocenters. The second kappa shape index (κ2) is 5.42. The lowest BCUT2D eigenvalue weighted by Gasteiger charge is -2.13. The van der Waals surface area contributed by atoms with E-state index in [0.717, 1.165) is 5.56 Å². The van der Waals surface area contributed by atoms with Gasteiger partial charge in [-0.15, -0.1) is 11.3 Å². The molecule has 112 valence electrons. The van der Waals surface area contributed by atoms with Gasteiger partial charge in [-0.1, -0.05) is 18.2 Å². The highest BCUT2D eigenvalue weighted by molar-refractivity contribution is 7.89. The van der Waals surface area contributed by atoms with Gasteiger partial charge in [0.15, 0.2) is 0 Å². The Kier molecular flexibility index (Phi) is 3.75. The van der Waals surface area contributed by atoms with Gasteiger partial charge in [-0.3, -0.25) is 0 Å². The van der Waals surface area contributed by atoms with E-state index >= 15 is 0 Å². The van der Waals surface area contributed by atoms with Crippen LogP contribution in [-0.2, 0) is 16.6 Å². The summed E-state index contributed by atoms with van der Waals surface area (Å²) in [6.45, 7) is 1.71. The number of para-hydroxylation sites is 1. The number of nitrogens with one attached hydrogen (secondary N) is 1. The highest BCUT2D eigenvalue weighted by Crippen LogP contribution is 2.34. The van der Waals surface area contributed by atoms with Gasteiger partial charge in [0.2, 0.25) is 10.0 Å². The molecule has 0 radical (unpaired) electrons. The van der Waals surface area contributed by atoms with Crippen LogP contribution in [0.3, 0.4) is 0 Å². The maximum atomic E-state index is 12.6. The van der Waals surface area contributed by atoms with Gasteiger partial charge in [0.1, 0.15) is 17.3 Å². The second-order valence-corrected chi connectivity index (χ2v) is 7.47. The number of aryl methyl sites for hydroxylation is 1. The predicted octanol–water partition coefficient (Wildman–Crippen LogP) is 1.96. The lowest BCUT2D eigenvalue weighted by atomic mass is 10.1. The average molecular weight is 325 g/mol.